The Bertz CT molecular complexity index is 1450. The summed E-state index contributed by atoms with van der Waals surface area (Å²) >= 11 is 4.55. The van der Waals surface area contributed by atoms with Crippen molar-refractivity contribution in [3.63, 3.8) is 0 Å². The Kier molecular flexibility index (Phi) is 5.64. The van der Waals surface area contributed by atoms with E-state index in [4.69, 9.17) is 0 Å². The number of carbonyl (C=O) groups excluding carboxylic acids is 1. The van der Waals surface area contributed by atoms with Crippen molar-refractivity contribution < 1.29 is 4.79 Å². The van der Waals surface area contributed by atoms with Crippen LogP contribution in [0, 0.1) is 0 Å². The zero-order valence-electron chi connectivity index (χ0n) is 16.9. The van der Waals surface area contributed by atoms with E-state index in [1.54, 1.807) is 29.3 Å². The van der Waals surface area contributed by atoms with E-state index in [1.165, 1.54) is 22.2 Å². The Hall–Kier alpha value is -3.21. The summed E-state index contributed by atoms with van der Waals surface area (Å²) in [6.07, 6.45) is 5.08. The van der Waals surface area contributed by atoms with Crippen molar-refractivity contribution in [3.8, 4) is 10.4 Å². The monoisotopic (exact) mass is 479 g/mol. The topological polar surface area (TPSA) is 81.8 Å². The van der Waals surface area contributed by atoms with Crippen LogP contribution in [0.25, 0.3) is 20.7 Å². The van der Waals surface area contributed by atoms with Crippen LogP contribution >= 0.6 is 34.4 Å². The van der Waals surface area contributed by atoms with Crippen LogP contribution in [0.5, 0.6) is 0 Å². The number of aromatic nitrogens is 4. The fourth-order valence-corrected chi connectivity index (χ4v) is 5.73. The predicted molar refractivity (Wildman–Crippen MR) is 130 cm³/mol. The highest BCUT2D eigenvalue weighted by atomic mass is 32.2. The highest BCUT2D eigenvalue weighted by Crippen LogP contribution is 2.33. The van der Waals surface area contributed by atoms with E-state index >= 15 is 0 Å². The third kappa shape index (κ3) is 4.12. The molecule has 0 spiro atoms. The summed E-state index contributed by atoms with van der Waals surface area (Å²) in [6.45, 7) is -0.106. The molecule has 1 aromatic carbocycles. The molecule has 10 heteroatoms. The Morgan fingerprint density at radius 3 is 2.72 bits per heavy atom. The van der Waals surface area contributed by atoms with E-state index < -0.39 is 0 Å². The summed E-state index contributed by atoms with van der Waals surface area (Å²) in [5.74, 6) is -0.286. The van der Waals surface area contributed by atoms with Crippen molar-refractivity contribution in [2.24, 2.45) is 7.05 Å². The normalized spacial score (nSPS) is 11.2. The van der Waals surface area contributed by atoms with Gasteiger partial charge in [-0.3, -0.25) is 14.2 Å². The Morgan fingerprint density at radius 2 is 2.00 bits per heavy atom. The molecule has 0 unspecified atom stereocenters. The lowest BCUT2D eigenvalue weighted by molar-refractivity contribution is -0.116. The van der Waals surface area contributed by atoms with E-state index in [0.717, 1.165) is 20.5 Å². The highest BCUT2D eigenvalue weighted by molar-refractivity contribution is 7.99. The maximum atomic E-state index is 13.1. The van der Waals surface area contributed by atoms with Crippen molar-refractivity contribution in [2.45, 2.75) is 16.6 Å². The molecule has 0 aliphatic rings. The minimum atomic E-state index is -0.286. The quantitative estimate of drug-likeness (QED) is 0.381. The SMILES string of the molecule is Cn1ccnc1Sc1ccc(NC(=O)Cn2cnc3scc(-c4cccs4)c3c2=O)cc1. The second-order valence-electron chi connectivity index (χ2n) is 6.98. The number of imidazole rings is 1. The average molecular weight is 480 g/mol. The molecular formula is C22H17N5O2S3. The van der Waals surface area contributed by atoms with Gasteiger partial charge in [0.15, 0.2) is 5.16 Å². The number of carbonyl (C=O) groups is 1. The molecule has 0 aliphatic carbocycles. The number of anilines is 1. The van der Waals surface area contributed by atoms with Crippen LogP contribution in [0.4, 0.5) is 5.69 Å². The van der Waals surface area contributed by atoms with Crippen LogP contribution in [-0.4, -0.2) is 25.0 Å². The molecule has 0 aliphatic heterocycles. The number of fused-ring (bicyclic) bond motifs is 1. The maximum Gasteiger partial charge on any atom is 0.263 e. The lowest BCUT2D eigenvalue weighted by atomic mass is 10.2. The number of aryl methyl sites for hydroxylation is 1. The number of hydrogen-bond acceptors (Lipinski definition) is 7. The molecule has 0 atom stereocenters. The summed E-state index contributed by atoms with van der Waals surface area (Å²) in [6, 6.07) is 11.4. The lowest BCUT2D eigenvalue weighted by Crippen LogP contribution is -2.27. The van der Waals surface area contributed by atoms with Gasteiger partial charge in [0.05, 0.1) is 11.7 Å². The van der Waals surface area contributed by atoms with Gasteiger partial charge in [-0.05, 0) is 35.7 Å². The van der Waals surface area contributed by atoms with Gasteiger partial charge in [0.2, 0.25) is 5.91 Å². The van der Waals surface area contributed by atoms with Gasteiger partial charge in [-0.2, -0.15) is 0 Å². The van der Waals surface area contributed by atoms with E-state index in [0.29, 0.717) is 15.9 Å². The van der Waals surface area contributed by atoms with E-state index in [-0.39, 0.29) is 18.0 Å². The van der Waals surface area contributed by atoms with Gasteiger partial charge in [-0.15, -0.1) is 22.7 Å². The van der Waals surface area contributed by atoms with E-state index in [1.807, 2.05) is 65.0 Å². The third-order valence-electron chi connectivity index (χ3n) is 4.79. The molecule has 1 amide bonds. The summed E-state index contributed by atoms with van der Waals surface area (Å²) in [5.41, 5.74) is 1.32. The summed E-state index contributed by atoms with van der Waals surface area (Å²) in [5, 5.41) is 8.21. The molecule has 0 fully saturated rings. The van der Waals surface area contributed by atoms with Crippen LogP contribution in [0.1, 0.15) is 0 Å². The second kappa shape index (κ2) is 8.73. The molecule has 0 radical (unpaired) electrons. The molecular weight excluding hydrogens is 462 g/mol. The standard InChI is InChI=1S/C22H17N5O2S3/c1-26-9-8-23-22(26)32-15-6-4-14(5-7-15)25-18(28)11-27-13-24-20-19(21(27)29)16(12-31-20)17-3-2-10-30-17/h2-10,12-13H,11H2,1H3,(H,25,28). The van der Waals surface area contributed by atoms with Gasteiger partial charge in [0.1, 0.15) is 11.4 Å². The number of nitrogens with one attached hydrogen (secondary N) is 1. The maximum absolute atomic E-state index is 13.1. The zero-order valence-corrected chi connectivity index (χ0v) is 19.3. The molecule has 4 aromatic heterocycles. The van der Waals surface area contributed by atoms with Crippen LogP contribution in [-0.2, 0) is 18.4 Å². The van der Waals surface area contributed by atoms with Crippen molar-refractivity contribution >= 4 is 56.2 Å². The minimum Gasteiger partial charge on any atom is -0.329 e. The molecule has 1 N–H and O–H groups in total. The summed E-state index contributed by atoms with van der Waals surface area (Å²) in [4.78, 5) is 37.0. The van der Waals surface area contributed by atoms with Gasteiger partial charge < -0.3 is 9.88 Å². The van der Waals surface area contributed by atoms with Crippen molar-refractivity contribution in [1.82, 2.24) is 19.1 Å². The molecule has 5 rings (SSSR count). The fourth-order valence-electron chi connectivity index (χ4n) is 3.21. The summed E-state index contributed by atoms with van der Waals surface area (Å²) in [7, 11) is 1.94. The van der Waals surface area contributed by atoms with Gasteiger partial charge in [0.25, 0.3) is 5.56 Å². The zero-order chi connectivity index (χ0) is 22.1. The van der Waals surface area contributed by atoms with Gasteiger partial charge in [-0.1, -0.05) is 17.8 Å². The predicted octanol–water partition coefficient (Wildman–Crippen LogP) is 4.71. The number of hydrogen-bond donors (Lipinski definition) is 1. The van der Waals surface area contributed by atoms with Gasteiger partial charge >= 0.3 is 0 Å². The largest absolute Gasteiger partial charge is 0.329 e. The molecule has 7 nitrogen and oxygen atoms in total. The lowest BCUT2D eigenvalue weighted by Gasteiger charge is -2.08. The smallest absolute Gasteiger partial charge is 0.263 e. The number of rotatable bonds is 6. The van der Waals surface area contributed by atoms with Crippen molar-refractivity contribution in [3.05, 3.63) is 76.2 Å². The van der Waals surface area contributed by atoms with E-state index in [2.05, 4.69) is 15.3 Å². The number of thiophene rings is 2. The fraction of sp³-hybridized carbons (Fsp3) is 0.0909. The van der Waals surface area contributed by atoms with Crippen LogP contribution in [0.2, 0.25) is 0 Å². The molecule has 4 heterocycles. The molecule has 160 valence electrons. The Labute approximate surface area is 195 Å². The highest BCUT2D eigenvalue weighted by Gasteiger charge is 2.15. The number of benzene rings is 1. The van der Waals surface area contributed by atoms with Crippen LogP contribution in [0.15, 0.2) is 80.7 Å². The van der Waals surface area contributed by atoms with Crippen LogP contribution < -0.4 is 10.9 Å². The molecule has 0 saturated heterocycles. The molecule has 32 heavy (non-hydrogen) atoms. The van der Waals surface area contributed by atoms with E-state index in [9.17, 15) is 9.59 Å². The molecule has 0 saturated carbocycles. The van der Waals surface area contributed by atoms with Crippen LogP contribution in [0.3, 0.4) is 0 Å². The minimum absolute atomic E-state index is 0.106. The first kappa shape index (κ1) is 20.7. The second-order valence-corrected chi connectivity index (χ2v) is 9.83. The number of amides is 1. The van der Waals surface area contributed by atoms with Crippen molar-refractivity contribution in [2.75, 3.05) is 5.32 Å². The third-order valence-corrected chi connectivity index (χ3v) is 7.66. The summed E-state index contributed by atoms with van der Waals surface area (Å²) < 4.78 is 3.30. The van der Waals surface area contributed by atoms with Gasteiger partial charge in [-0.25, -0.2) is 9.97 Å². The van der Waals surface area contributed by atoms with Gasteiger partial charge in [0, 0.05) is 45.8 Å². The molecule has 5 aromatic rings. The average Bonchev–Trinajstić information content (AvgIpc) is 3.53. The Morgan fingerprint density at radius 1 is 1.16 bits per heavy atom. The Balaban J connectivity index is 1.31. The first-order chi connectivity index (χ1) is 15.6. The first-order valence-electron chi connectivity index (χ1n) is 9.64. The first-order valence-corrected chi connectivity index (χ1v) is 12.2. The van der Waals surface area contributed by atoms with Crippen molar-refractivity contribution in [1.29, 1.82) is 0 Å². The molecule has 0 bridgehead atoms. The number of nitrogens with zero attached hydrogens (tertiary/aromatic N) is 4.